The van der Waals surface area contributed by atoms with Crippen LogP contribution in [0.3, 0.4) is 0 Å². The Morgan fingerprint density at radius 1 is 1.07 bits per heavy atom. The van der Waals surface area contributed by atoms with Crippen molar-refractivity contribution < 1.29 is 18.8 Å². The van der Waals surface area contributed by atoms with E-state index in [0.29, 0.717) is 23.2 Å². The van der Waals surface area contributed by atoms with Crippen LogP contribution in [0, 0.1) is 22.2 Å². The van der Waals surface area contributed by atoms with Crippen LogP contribution in [0.2, 0.25) is 16.6 Å². The number of Topliss-reactive ketones (excluding diaryl/α,β-unsaturated/α-hetero) is 1. The molecule has 4 aliphatic carbocycles. The first-order valence-corrected chi connectivity index (χ1v) is 14.1. The molecule has 3 saturated carbocycles. The monoisotopic (exact) mass is 432 g/mol. The second kappa shape index (κ2) is 6.78. The van der Waals surface area contributed by atoms with Crippen molar-refractivity contribution in [2.75, 3.05) is 13.7 Å². The molecule has 0 heterocycles. The number of methoxy groups -OCH3 is 1. The van der Waals surface area contributed by atoms with Crippen molar-refractivity contribution >= 4 is 20.1 Å². The second-order valence-corrected chi connectivity index (χ2v) is 16.8. The molecule has 30 heavy (non-hydrogen) atoms. The average molecular weight is 433 g/mol. The largest absolute Gasteiger partial charge is 0.468 e. The van der Waals surface area contributed by atoms with Gasteiger partial charge in [-0.05, 0) is 54.8 Å². The van der Waals surface area contributed by atoms with Crippen LogP contribution >= 0.6 is 0 Å². The van der Waals surface area contributed by atoms with Gasteiger partial charge in [-0.3, -0.25) is 9.59 Å². The molecule has 0 aromatic carbocycles. The lowest BCUT2D eigenvalue weighted by molar-refractivity contribution is -0.158. The van der Waals surface area contributed by atoms with Gasteiger partial charge in [-0.25, -0.2) is 0 Å². The molecule has 4 nitrogen and oxygen atoms in total. The summed E-state index contributed by atoms with van der Waals surface area (Å²) in [5, 5.41) is 0. The van der Waals surface area contributed by atoms with Crippen LogP contribution in [0.15, 0.2) is 11.1 Å². The predicted molar refractivity (Wildman–Crippen MR) is 121 cm³/mol. The van der Waals surface area contributed by atoms with Gasteiger partial charge in [0.25, 0.3) is 0 Å². The zero-order valence-corrected chi connectivity index (χ0v) is 21.2. The fourth-order valence-corrected chi connectivity index (χ4v) is 14.6. The fraction of sp³-hybridized carbons (Fsp3) is 0.840. The molecule has 5 heteroatoms. The molecule has 2 spiro atoms. The van der Waals surface area contributed by atoms with Gasteiger partial charge < -0.3 is 9.16 Å². The van der Waals surface area contributed by atoms with Gasteiger partial charge in [0, 0.05) is 16.7 Å². The molecule has 0 saturated heterocycles. The zero-order valence-electron chi connectivity index (χ0n) is 20.2. The summed E-state index contributed by atoms with van der Waals surface area (Å²) in [7, 11) is -0.587. The molecule has 0 unspecified atom stereocenters. The third-order valence-corrected chi connectivity index (χ3v) is 16.1. The van der Waals surface area contributed by atoms with E-state index < -0.39 is 13.7 Å². The second-order valence-electron chi connectivity index (χ2n) is 11.3. The summed E-state index contributed by atoms with van der Waals surface area (Å²) in [6.45, 7) is 16.6. The average Bonchev–Trinajstić information content (AvgIpc) is 3.05. The normalized spacial score (nSPS) is 37.3. The van der Waals surface area contributed by atoms with Gasteiger partial charge in [0.15, 0.2) is 5.78 Å². The molecule has 168 valence electrons. The summed E-state index contributed by atoms with van der Waals surface area (Å²) in [4.78, 5) is 26.9. The van der Waals surface area contributed by atoms with Crippen molar-refractivity contribution in [1.29, 1.82) is 0 Å². The first-order chi connectivity index (χ1) is 14.0. The summed E-state index contributed by atoms with van der Waals surface area (Å²) < 4.78 is 12.4. The SMILES string of the molecule is COC(=O)[C@@]12C(=O)[C@@H]3CC[C@]14CCC[C@@]42C(CO[Si](C(C)C)(C(C)C)C(C)C)=C3C. The third kappa shape index (κ3) is 2.08. The minimum Gasteiger partial charge on any atom is -0.468 e. The number of ether oxygens (including phenoxy) is 1. The van der Waals surface area contributed by atoms with E-state index in [-0.39, 0.29) is 28.5 Å². The molecule has 0 aromatic heterocycles. The summed E-state index contributed by atoms with van der Waals surface area (Å²) in [6.07, 6.45) is 4.85. The van der Waals surface area contributed by atoms with Gasteiger partial charge >= 0.3 is 5.97 Å². The van der Waals surface area contributed by atoms with Gasteiger partial charge in [-0.1, -0.05) is 53.5 Å². The fourth-order valence-electron chi connectivity index (χ4n) is 9.19. The van der Waals surface area contributed by atoms with Crippen molar-refractivity contribution in [2.24, 2.45) is 22.2 Å². The highest BCUT2D eigenvalue weighted by atomic mass is 28.4. The Morgan fingerprint density at radius 2 is 1.67 bits per heavy atom. The van der Waals surface area contributed by atoms with Crippen LogP contribution in [0.1, 0.15) is 80.6 Å². The lowest BCUT2D eigenvalue weighted by atomic mass is 9.65. The van der Waals surface area contributed by atoms with E-state index in [1.54, 1.807) is 0 Å². The van der Waals surface area contributed by atoms with Crippen molar-refractivity contribution in [3.05, 3.63) is 11.1 Å². The molecule has 4 atom stereocenters. The van der Waals surface area contributed by atoms with E-state index >= 15 is 0 Å². The van der Waals surface area contributed by atoms with E-state index in [9.17, 15) is 9.59 Å². The van der Waals surface area contributed by atoms with Gasteiger partial charge in [-0.15, -0.1) is 0 Å². The summed E-state index contributed by atoms with van der Waals surface area (Å²) in [6, 6.07) is 0. The maximum Gasteiger partial charge on any atom is 0.320 e. The number of hydrogen-bond acceptors (Lipinski definition) is 4. The van der Waals surface area contributed by atoms with Crippen molar-refractivity contribution in [3.8, 4) is 0 Å². The molecular formula is C25H40O4Si. The Morgan fingerprint density at radius 3 is 2.20 bits per heavy atom. The molecular weight excluding hydrogens is 392 g/mol. The highest BCUT2D eigenvalue weighted by molar-refractivity contribution is 6.77. The Hall–Kier alpha value is -0.943. The first kappa shape index (κ1) is 22.3. The standard InChI is InChI=1S/C25H40O4Si/c1-15(2)30(16(3)4,17(5)6)29-14-20-18(7)19-10-13-23-11-9-12-24(20,23)25(23,21(19)26)22(27)28-8/h15-17,19H,9-14H2,1-8H3/t19-,23+,24-,25+/m1/s1. The summed E-state index contributed by atoms with van der Waals surface area (Å²) in [5.41, 5.74) is 2.57. The van der Waals surface area contributed by atoms with Crippen molar-refractivity contribution in [2.45, 2.75) is 97.2 Å². The van der Waals surface area contributed by atoms with Gasteiger partial charge in [0.05, 0.1) is 13.7 Å². The Labute approximate surface area is 183 Å². The van der Waals surface area contributed by atoms with Crippen molar-refractivity contribution in [3.63, 3.8) is 0 Å². The molecule has 0 aliphatic heterocycles. The molecule has 2 bridgehead atoms. The van der Waals surface area contributed by atoms with E-state index in [4.69, 9.17) is 9.16 Å². The minimum absolute atomic E-state index is 0.127. The number of carbonyl (C=O) groups excluding carboxylic acids is 2. The number of fused-ring (bicyclic) bond motifs is 1. The summed E-state index contributed by atoms with van der Waals surface area (Å²) >= 11 is 0. The maximum atomic E-state index is 13.7. The zero-order chi connectivity index (χ0) is 22.3. The Bertz CT molecular complexity index is 790. The number of hydrogen-bond donors (Lipinski definition) is 0. The number of esters is 1. The quantitative estimate of drug-likeness (QED) is 0.220. The van der Waals surface area contributed by atoms with E-state index in [2.05, 4.69) is 48.5 Å². The van der Waals surface area contributed by atoms with Crippen LogP contribution < -0.4 is 0 Å². The molecule has 0 N–H and O–H groups in total. The highest BCUT2D eigenvalue weighted by Gasteiger charge is 2.97. The van der Waals surface area contributed by atoms with E-state index in [0.717, 1.165) is 32.1 Å². The van der Waals surface area contributed by atoms with Gasteiger partial charge in [-0.2, -0.15) is 0 Å². The lowest BCUT2D eigenvalue weighted by Gasteiger charge is -2.44. The molecule has 3 fully saturated rings. The molecule has 4 rings (SSSR count). The van der Waals surface area contributed by atoms with Gasteiger partial charge in [0.1, 0.15) is 5.41 Å². The molecule has 0 radical (unpaired) electrons. The number of carbonyl (C=O) groups is 2. The predicted octanol–water partition coefficient (Wildman–Crippen LogP) is 5.82. The van der Waals surface area contributed by atoms with Crippen LogP contribution in [0.4, 0.5) is 0 Å². The van der Waals surface area contributed by atoms with Gasteiger partial charge in [0.2, 0.25) is 8.32 Å². The highest BCUT2D eigenvalue weighted by Crippen LogP contribution is 2.93. The Kier molecular flexibility index (Phi) is 5.03. The first-order valence-electron chi connectivity index (χ1n) is 12.0. The van der Waals surface area contributed by atoms with E-state index in [1.807, 2.05) is 0 Å². The van der Waals surface area contributed by atoms with Crippen LogP contribution in [0.25, 0.3) is 0 Å². The lowest BCUT2D eigenvalue weighted by Crippen LogP contribution is -2.50. The topological polar surface area (TPSA) is 52.6 Å². The number of ketones is 1. The number of rotatable bonds is 7. The minimum atomic E-state index is -2.04. The van der Waals surface area contributed by atoms with Crippen LogP contribution in [-0.4, -0.2) is 33.8 Å². The smallest absolute Gasteiger partial charge is 0.320 e. The summed E-state index contributed by atoms with van der Waals surface area (Å²) in [5.74, 6) is -0.249. The van der Waals surface area contributed by atoms with Crippen LogP contribution in [0.5, 0.6) is 0 Å². The number of allylic oxidation sites excluding steroid dienone is 1. The van der Waals surface area contributed by atoms with E-state index in [1.165, 1.54) is 18.3 Å². The Balaban J connectivity index is 1.80. The molecule has 0 amide bonds. The molecule has 0 aromatic rings. The van der Waals surface area contributed by atoms with Crippen LogP contribution in [-0.2, 0) is 18.8 Å². The third-order valence-electron chi connectivity index (χ3n) is 9.99. The van der Waals surface area contributed by atoms with Crippen molar-refractivity contribution in [1.82, 2.24) is 0 Å². The maximum absolute atomic E-state index is 13.7. The molecule has 4 aliphatic rings.